The Morgan fingerprint density at radius 2 is 2.04 bits per heavy atom. The minimum atomic E-state index is -0.426. The van der Waals surface area contributed by atoms with Crippen LogP contribution in [-0.4, -0.2) is 55.7 Å². The zero-order chi connectivity index (χ0) is 17.0. The van der Waals surface area contributed by atoms with Crippen molar-refractivity contribution in [1.82, 2.24) is 4.90 Å². The topological polar surface area (TPSA) is 67.9 Å². The van der Waals surface area contributed by atoms with E-state index in [2.05, 4.69) is 10.2 Å². The molecule has 6 nitrogen and oxygen atoms in total. The average Bonchev–Trinajstić information content (AvgIpc) is 2.88. The van der Waals surface area contributed by atoms with Crippen molar-refractivity contribution in [2.24, 2.45) is 0 Å². The molecular weight excluding hydrogens is 316 g/mol. The number of nitrogens with zero attached hydrogens (tertiary/aromatic N) is 1. The SMILES string of the molecule is CCc1cc(C(=O)OC)c(NC(=O)CN2C[C@@H](C)O[C@H](C)C2)s1. The first-order valence-electron chi connectivity index (χ1n) is 7.81. The van der Waals surface area contributed by atoms with Gasteiger partial charge in [0, 0.05) is 18.0 Å². The van der Waals surface area contributed by atoms with E-state index in [-0.39, 0.29) is 24.7 Å². The number of carbonyl (C=O) groups excluding carboxylic acids is 2. The van der Waals surface area contributed by atoms with Crippen LogP contribution in [0.2, 0.25) is 0 Å². The smallest absolute Gasteiger partial charge is 0.340 e. The number of morpholine rings is 1. The van der Waals surface area contributed by atoms with E-state index in [9.17, 15) is 9.59 Å². The van der Waals surface area contributed by atoms with Gasteiger partial charge in [-0.25, -0.2) is 4.79 Å². The molecule has 0 bridgehead atoms. The van der Waals surface area contributed by atoms with Gasteiger partial charge >= 0.3 is 5.97 Å². The third-order valence-corrected chi connectivity index (χ3v) is 4.85. The zero-order valence-corrected chi connectivity index (χ0v) is 14.9. The molecule has 1 aromatic rings. The molecule has 0 spiro atoms. The van der Waals surface area contributed by atoms with Gasteiger partial charge in [0.1, 0.15) is 5.00 Å². The van der Waals surface area contributed by atoms with Crippen LogP contribution in [-0.2, 0) is 20.7 Å². The van der Waals surface area contributed by atoms with Gasteiger partial charge in [0.15, 0.2) is 0 Å². The molecule has 128 valence electrons. The third-order valence-electron chi connectivity index (χ3n) is 3.65. The summed E-state index contributed by atoms with van der Waals surface area (Å²) in [6, 6.07) is 1.78. The second-order valence-corrected chi connectivity index (χ2v) is 6.94. The molecule has 0 unspecified atom stereocenters. The number of esters is 1. The number of thiophene rings is 1. The Kier molecular flexibility index (Phi) is 6.15. The molecule has 1 aliphatic heterocycles. The minimum Gasteiger partial charge on any atom is -0.465 e. The van der Waals surface area contributed by atoms with Crippen LogP contribution in [0, 0.1) is 0 Å². The first-order chi connectivity index (χ1) is 10.9. The van der Waals surface area contributed by atoms with E-state index in [1.165, 1.54) is 18.4 Å². The summed E-state index contributed by atoms with van der Waals surface area (Å²) in [5.41, 5.74) is 0.423. The molecule has 1 aromatic heterocycles. The summed E-state index contributed by atoms with van der Waals surface area (Å²) in [7, 11) is 1.34. The first-order valence-corrected chi connectivity index (χ1v) is 8.63. The van der Waals surface area contributed by atoms with Gasteiger partial charge in [-0.05, 0) is 26.3 Å². The van der Waals surface area contributed by atoms with Gasteiger partial charge < -0.3 is 14.8 Å². The van der Waals surface area contributed by atoms with E-state index in [0.717, 1.165) is 24.4 Å². The number of rotatable bonds is 5. The van der Waals surface area contributed by atoms with Gasteiger partial charge in [0.25, 0.3) is 0 Å². The number of amides is 1. The summed E-state index contributed by atoms with van der Waals surface area (Å²) in [4.78, 5) is 27.2. The second-order valence-electron chi connectivity index (χ2n) is 5.80. The van der Waals surface area contributed by atoms with Crippen LogP contribution in [0.15, 0.2) is 6.07 Å². The zero-order valence-electron chi connectivity index (χ0n) is 14.0. The summed E-state index contributed by atoms with van der Waals surface area (Å²) in [5.74, 6) is -0.550. The fourth-order valence-corrected chi connectivity index (χ4v) is 3.75. The van der Waals surface area contributed by atoms with Crippen molar-refractivity contribution in [3.8, 4) is 0 Å². The summed E-state index contributed by atoms with van der Waals surface area (Å²) < 4.78 is 10.5. The van der Waals surface area contributed by atoms with Gasteiger partial charge in [0.2, 0.25) is 5.91 Å². The Bertz CT molecular complexity index is 562. The van der Waals surface area contributed by atoms with E-state index < -0.39 is 5.97 Å². The molecule has 23 heavy (non-hydrogen) atoms. The highest BCUT2D eigenvalue weighted by Gasteiger charge is 2.25. The highest BCUT2D eigenvalue weighted by atomic mass is 32.1. The van der Waals surface area contributed by atoms with E-state index in [1.807, 2.05) is 20.8 Å². The number of ether oxygens (including phenoxy) is 2. The van der Waals surface area contributed by atoms with Crippen molar-refractivity contribution < 1.29 is 19.1 Å². The Hall–Kier alpha value is -1.44. The van der Waals surface area contributed by atoms with Crippen LogP contribution in [0.25, 0.3) is 0 Å². The molecule has 1 N–H and O–H groups in total. The van der Waals surface area contributed by atoms with Crippen LogP contribution in [0.5, 0.6) is 0 Å². The molecule has 0 aromatic carbocycles. The predicted molar refractivity (Wildman–Crippen MR) is 90.1 cm³/mol. The predicted octanol–water partition coefficient (Wildman–Crippen LogP) is 2.14. The number of hydrogen-bond acceptors (Lipinski definition) is 6. The van der Waals surface area contributed by atoms with Gasteiger partial charge in [-0.15, -0.1) is 11.3 Å². The number of hydrogen-bond donors (Lipinski definition) is 1. The van der Waals surface area contributed by atoms with Crippen LogP contribution >= 0.6 is 11.3 Å². The van der Waals surface area contributed by atoms with Gasteiger partial charge in [0.05, 0.1) is 31.4 Å². The molecular formula is C16H24N2O4S. The maximum Gasteiger partial charge on any atom is 0.340 e. The van der Waals surface area contributed by atoms with Gasteiger partial charge in [-0.1, -0.05) is 6.92 Å². The van der Waals surface area contributed by atoms with Crippen molar-refractivity contribution in [3.63, 3.8) is 0 Å². The van der Waals surface area contributed by atoms with Gasteiger partial charge in [-0.3, -0.25) is 9.69 Å². The number of carbonyl (C=O) groups is 2. The minimum absolute atomic E-state index is 0.116. The third kappa shape index (κ3) is 4.76. The monoisotopic (exact) mass is 340 g/mol. The molecule has 2 atom stereocenters. The van der Waals surface area contributed by atoms with Crippen molar-refractivity contribution in [2.75, 3.05) is 32.1 Å². The lowest BCUT2D eigenvalue weighted by Gasteiger charge is -2.34. The van der Waals surface area contributed by atoms with Crippen molar-refractivity contribution in [2.45, 2.75) is 39.4 Å². The Morgan fingerprint density at radius 1 is 1.39 bits per heavy atom. The largest absolute Gasteiger partial charge is 0.465 e. The summed E-state index contributed by atoms with van der Waals surface area (Å²) in [6.07, 6.45) is 1.04. The lowest BCUT2D eigenvalue weighted by atomic mass is 10.2. The van der Waals surface area contributed by atoms with E-state index >= 15 is 0 Å². The van der Waals surface area contributed by atoms with Crippen LogP contribution < -0.4 is 5.32 Å². The van der Waals surface area contributed by atoms with Crippen LogP contribution in [0.4, 0.5) is 5.00 Å². The molecule has 1 fully saturated rings. The average molecular weight is 340 g/mol. The van der Waals surface area contributed by atoms with E-state index in [1.54, 1.807) is 6.07 Å². The molecule has 0 aliphatic carbocycles. The Morgan fingerprint density at radius 3 is 2.61 bits per heavy atom. The van der Waals surface area contributed by atoms with Gasteiger partial charge in [-0.2, -0.15) is 0 Å². The molecule has 2 rings (SSSR count). The normalized spacial score (nSPS) is 21.9. The van der Waals surface area contributed by atoms with Crippen molar-refractivity contribution in [1.29, 1.82) is 0 Å². The summed E-state index contributed by atoms with van der Waals surface area (Å²) in [5, 5.41) is 3.42. The molecule has 1 saturated heterocycles. The summed E-state index contributed by atoms with van der Waals surface area (Å²) in [6.45, 7) is 7.76. The maximum atomic E-state index is 12.3. The van der Waals surface area contributed by atoms with Crippen LogP contribution in [0.1, 0.15) is 36.0 Å². The number of anilines is 1. The van der Waals surface area contributed by atoms with Crippen molar-refractivity contribution in [3.05, 3.63) is 16.5 Å². The van der Waals surface area contributed by atoms with Crippen molar-refractivity contribution >= 4 is 28.2 Å². The molecule has 1 amide bonds. The highest BCUT2D eigenvalue weighted by Crippen LogP contribution is 2.29. The van der Waals surface area contributed by atoms with E-state index in [0.29, 0.717) is 10.6 Å². The number of methoxy groups -OCH3 is 1. The molecule has 1 aliphatic rings. The Labute approximate surface area is 140 Å². The standard InChI is InChI=1S/C16H24N2O4S/c1-5-12-6-13(16(20)21-4)15(23-12)17-14(19)9-18-7-10(2)22-11(3)8-18/h6,10-11H,5,7-9H2,1-4H3,(H,17,19)/t10-,11-/m1/s1. The fraction of sp³-hybridized carbons (Fsp3) is 0.625. The number of aryl methyl sites for hydroxylation is 1. The first kappa shape index (κ1) is 17.9. The molecule has 7 heteroatoms. The lowest BCUT2D eigenvalue weighted by Crippen LogP contribution is -2.48. The lowest BCUT2D eigenvalue weighted by molar-refractivity contribution is -0.121. The molecule has 2 heterocycles. The fourth-order valence-electron chi connectivity index (χ4n) is 2.75. The molecule has 0 radical (unpaired) electrons. The summed E-state index contributed by atoms with van der Waals surface area (Å²) >= 11 is 1.42. The number of nitrogens with one attached hydrogen (secondary N) is 1. The molecule has 0 saturated carbocycles. The maximum absolute atomic E-state index is 12.3. The highest BCUT2D eigenvalue weighted by molar-refractivity contribution is 7.16. The quantitative estimate of drug-likeness (QED) is 0.832. The van der Waals surface area contributed by atoms with E-state index in [4.69, 9.17) is 9.47 Å². The Balaban J connectivity index is 2.02. The van der Waals surface area contributed by atoms with Crippen LogP contribution in [0.3, 0.4) is 0 Å². The second kappa shape index (κ2) is 7.90.